The largest absolute Gasteiger partial charge is 0.315 e. The molecule has 0 amide bonds. The molecule has 0 radical (unpaired) electrons. The second-order valence-corrected chi connectivity index (χ2v) is 3.53. The first kappa shape index (κ1) is 7.46. The molecule has 0 aromatic carbocycles. The third-order valence-corrected chi connectivity index (χ3v) is 2.08. The maximum atomic E-state index is 3.37. The van der Waals surface area contributed by atoms with Gasteiger partial charge in [0.15, 0.2) is 0 Å². The zero-order chi connectivity index (χ0) is 6.69. The van der Waals surface area contributed by atoms with Crippen LogP contribution >= 0.6 is 9.39 Å². The molecule has 0 bridgehead atoms. The van der Waals surface area contributed by atoms with Gasteiger partial charge in [-0.25, -0.2) is 0 Å². The Labute approximate surface area is 59.3 Å². The number of hydrogen-bond acceptors (Lipinski definition) is 2. The number of rotatable bonds is 0. The molecule has 1 N–H and O–H groups in total. The maximum absolute atomic E-state index is 3.37. The van der Waals surface area contributed by atoms with Crippen molar-refractivity contribution in [1.82, 2.24) is 9.99 Å². The van der Waals surface area contributed by atoms with Gasteiger partial charge >= 0.3 is 0 Å². The SMILES string of the molecule is CC1CNCCN(P)C1. The van der Waals surface area contributed by atoms with E-state index in [0.29, 0.717) is 0 Å². The molecule has 1 aliphatic heterocycles. The molecule has 1 fully saturated rings. The zero-order valence-corrected chi connectivity index (χ0v) is 7.09. The van der Waals surface area contributed by atoms with Crippen LogP contribution in [0.5, 0.6) is 0 Å². The fourth-order valence-electron chi connectivity index (χ4n) is 1.13. The molecule has 9 heavy (non-hydrogen) atoms. The molecular formula is C6H15N2P. The second-order valence-electron chi connectivity index (χ2n) is 2.80. The van der Waals surface area contributed by atoms with Gasteiger partial charge in [0.25, 0.3) is 0 Å². The second kappa shape index (κ2) is 3.50. The Balaban J connectivity index is 2.29. The van der Waals surface area contributed by atoms with Gasteiger partial charge in [-0.05, 0) is 12.5 Å². The summed E-state index contributed by atoms with van der Waals surface area (Å²) in [5.41, 5.74) is 0. The monoisotopic (exact) mass is 146 g/mol. The molecule has 1 rings (SSSR count). The highest BCUT2D eigenvalue weighted by molar-refractivity contribution is 7.13. The highest BCUT2D eigenvalue weighted by Gasteiger charge is 2.09. The molecule has 1 saturated heterocycles. The molecule has 0 aromatic heterocycles. The van der Waals surface area contributed by atoms with Crippen LogP contribution in [0.3, 0.4) is 0 Å². The zero-order valence-electron chi connectivity index (χ0n) is 5.93. The van der Waals surface area contributed by atoms with Crippen molar-refractivity contribution in [3.05, 3.63) is 0 Å². The smallest absolute Gasteiger partial charge is 0.0142 e. The predicted molar refractivity (Wildman–Crippen MR) is 43.3 cm³/mol. The molecule has 3 heteroatoms. The highest BCUT2D eigenvalue weighted by atomic mass is 31.0. The standard InChI is InChI=1S/C6H15N2P/c1-6-4-7-2-3-8(9)5-6/h6-7H,2-5,9H2,1H3. The van der Waals surface area contributed by atoms with Crippen molar-refractivity contribution in [2.45, 2.75) is 6.92 Å². The van der Waals surface area contributed by atoms with E-state index in [1.165, 1.54) is 13.1 Å². The van der Waals surface area contributed by atoms with Crippen LogP contribution in [0.2, 0.25) is 0 Å². The van der Waals surface area contributed by atoms with E-state index in [-0.39, 0.29) is 0 Å². The Morgan fingerprint density at radius 3 is 3.22 bits per heavy atom. The molecule has 0 aromatic rings. The number of nitrogens with one attached hydrogen (secondary N) is 1. The van der Waals surface area contributed by atoms with Crippen molar-refractivity contribution < 1.29 is 0 Å². The summed E-state index contributed by atoms with van der Waals surface area (Å²) >= 11 is 0. The fourth-order valence-corrected chi connectivity index (χ4v) is 1.62. The molecule has 2 atom stereocenters. The van der Waals surface area contributed by atoms with E-state index in [2.05, 4.69) is 26.3 Å². The normalized spacial score (nSPS) is 32.0. The van der Waals surface area contributed by atoms with Crippen molar-refractivity contribution in [3.63, 3.8) is 0 Å². The summed E-state index contributed by atoms with van der Waals surface area (Å²) in [5.74, 6) is 0.796. The van der Waals surface area contributed by atoms with Gasteiger partial charge in [0, 0.05) is 19.6 Å². The van der Waals surface area contributed by atoms with E-state index in [9.17, 15) is 0 Å². The topological polar surface area (TPSA) is 15.3 Å². The van der Waals surface area contributed by atoms with E-state index in [0.717, 1.165) is 19.0 Å². The van der Waals surface area contributed by atoms with Gasteiger partial charge < -0.3 is 5.32 Å². The molecule has 0 aliphatic carbocycles. The Bertz CT molecular complexity index is 77.1. The Morgan fingerprint density at radius 1 is 1.67 bits per heavy atom. The summed E-state index contributed by atoms with van der Waals surface area (Å²) in [7, 11) is 2.76. The van der Waals surface area contributed by atoms with Gasteiger partial charge in [0.1, 0.15) is 0 Å². The number of nitrogens with zero attached hydrogens (tertiary/aromatic N) is 1. The van der Waals surface area contributed by atoms with Gasteiger partial charge in [-0.1, -0.05) is 16.3 Å². The number of hydrogen-bond donors (Lipinski definition) is 1. The summed E-state index contributed by atoms with van der Waals surface area (Å²) in [6.07, 6.45) is 0. The molecule has 2 nitrogen and oxygen atoms in total. The van der Waals surface area contributed by atoms with Crippen LogP contribution in [-0.2, 0) is 0 Å². The summed E-state index contributed by atoms with van der Waals surface area (Å²) in [5, 5.41) is 3.37. The molecule has 2 unspecified atom stereocenters. The molecule has 0 spiro atoms. The third kappa shape index (κ3) is 2.61. The van der Waals surface area contributed by atoms with E-state index in [1.807, 2.05) is 0 Å². The maximum Gasteiger partial charge on any atom is 0.0142 e. The molecule has 54 valence electrons. The highest BCUT2D eigenvalue weighted by Crippen LogP contribution is 2.05. The van der Waals surface area contributed by atoms with Crippen LogP contribution in [0.4, 0.5) is 0 Å². The van der Waals surface area contributed by atoms with Gasteiger partial charge in [-0.3, -0.25) is 4.67 Å². The summed E-state index contributed by atoms with van der Waals surface area (Å²) in [6, 6.07) is 0. The first-order valence-corrected chi connectivity index (χ1v) is 4.01. The van der Waals surface area contributed by atoms with Crippen LogP contribution in [0.15, 0.2) is 0 Å². The van der Waals surface area contributed by atoms with Gasteiger partial charge in [-0.2, -0.15) is 0 Å². The lowest BCUT2D eigenvalue weighted by Crippen LogP contribution is -2.20. The minimum absolute atomic E-state index is 0.796. The van der Waals surface area contributed by atoms with E-state index >= 15 is 0 Å². The quantitative estimate of drug-likeness (QED) is 0.495. The Hall–Kier alpha value is 0.350. The summed E-state index contributed by atoms with van der Waals surface area (Å²) in [4.78, 5) is 0. The lowest BCUT2D eigenvalue weighted by molar-refractivity contribution is 0.434. The molecule has 1 aliphatic rings. The Morgan fingerprint density at radius 2 is 2.44 bits per heavy atom. The van der Waals surface area contributed by atoms with Crippen molar-refractivity contribution in [2.75, 3.05) is 26.2 Å². The van der Waals surface area contributed by atoms with Crippen LogP contribution in [-0.4, -0.2) is 30.8 Å². The summed E-state index contributed by atoms with van der Waals surface area (Å²) < 4.78 is 2.30. The average Bonchev–Trinajstić information content (AvgIpc) is 1.93. The van der Waals surface area contributed by atoms with E-state index in [1.54, 1.807) is 0 Å². The Kier molecular flexibility index (Phi) is 2.90. The third-order valence-electron chi connectivity index (χ3n) is 1.61. The van der Waals surface area contributed by atoms with Crippen LogP contribution in [0.1, 0.15) is 6.92 Å². The van der Waals surface area contributed by atoms with Crippen molar-refractivity contribution in [1.29, 1.82) is 0 Å². The van der Waals surface area contributed by atoms with Crippen LogP contribution in [0.25, 0.3) is 0 Å². The van der Waals surface area contributed by atoms with Gasteiger partial charge in [-0.15, -0.1) is 0 Å². The molecule has 0 saturated carbocycles. The predicted octanol–water partition coefficient (Wildman–Crippen LogP) is 0.318. The van der Waals surface area contributed by atoms with Crippen molar-refractivity contribution in [2.24, 2.45) is 5.92 Å². The molecular weight excluding hydrogens is 131 g/mol. The van der Waals surface area contributed by atoms with Gasteiger partial charge in [0.05, 0.1) is 0 Å². The summed E-state index contributed by atoms with van der Waals surface area (Å²) in [6.45, 7) is 6.95. The van der Waals surface area contributed by atoms with Crippen LogP contribution in [0, 0.1) is 5.92 Å². The minimum Gasteiger partial charge on any atom is -0.315 e. The first-order valence-electron chi connectivity index (χ1n) is 3.49. The van der Waals surface area contributed by atoms with Crippen LogP contribution < -0.4 is 5.32 Å². The average molecular weight is 146 g/mol. The van der Waals surface area contributed by atoms with Gasteiger partial charge in [0.2, 0.25) is 0 Å². The van der Waals surface area contributed by atoms with E-state index in [4.69, 9.17) is 0 Å². The van der Waals surface area contributed by atoms with Crippen molar-refractivity contribution in [3.8, 4) is 0 Å². The fraction of sp³-hybridized carbons (Fsp3) is 1.00. The van der Waals surface area contributed by atoms with Crippen molar-refractivity contribution >= 4 is 9.39 Å². The lowest BCUT2D eigenvalue weighted by atomic mass is 10.2. The lowest BCUT2D eigenvalue weighted by Gasteiger charge is -2.14. The molecule has 1 heterocycles. The first-order chi connectivity index (χ1) is 4.29. The van der Waals surface area contributed by atoms with E-state index < -0.39 is 0 Å². The minimum atomic E-state index is 0.796.